The number of benzene rings is 2. The predicted molar refractivity (Wildman–Crippen MR) is 79.7 cm³/mol. The zero-order valence-electron chi connectivity index (χ0n) is 10.8. The lowest BCUT2D eigenvalue weighted by Crippen LogP contribution is -2.10. The molecule has 0 aliphatic heterocycles. The molecule has 3 heteroatoms. The minimum Gasteiger partial charge on any atom is -0.324 e. The molecule has 0 aromatic heterocycles. The molecular weight excluding hydrogens is 257 g/mol. The van der Waals surface area contributed by atoms with Gasteiger partial charge in [-0.25, -0.2) is 4.39 Å². The average molecular weight is 275 g/mol. The van der Waals surface area contributed by atoms with Crippen LogP contribution in [-0.4, -0.2) is 5.75 Å². The highest BCUT2D eigenvalue weighted by Gasteiger charge is 2.05. The van der Waals surface area contributed by atoms with Crippen LogP contribution in [0.4, 0.5) is 4.39 Å². The van der Waals surface area contributed by atoms with Crippen molar-refractivity contribution in [3.63, 3.8) is 0 Å². The molecule has 0 bridgehead atoms. The number of nitrogens with two attached hydrogens (primary N) is 1. The Bertz CT molecular complexity index is 484. The van der Waals surface area contributed by atoms with Gasteiger partial charge in [-0.2, -0.15) is 0 Å². The van der Waals surface area contributed by atoms with Gasteiger partial charge in [0.1, 0.15) is 5.82 Å². The van der Waals surface area contributed by atoms with E-state index in [-0.39, 0.29) is 11.9 Å². The Morgan fingerprint density at radius 3 is 2.37 bits per heavy atom. The van der Waals surface area contributed by atoms with E-state index in [2.05, 4.69) is 12.1 Å². The van der Waals surface area contributed by atoms with Crippen LogP contribution in [0.15, 0.2) is 59.5 Å². The zero-order valence-corrected chi connectivity index (χ0v) is 11.6. The first-order chi connectivity index (χ1) is 9.25. The minimum atomic E-state index is -0.212. The molecule has 0 radical (unpaired) electrons. The van der Waals surface area contributed by atoms with Crippen LogP contribution >= 0.6 is 11.8 Å². The maximum Gasteiger partial charge on any atom is 0.123 e. The lowest BCUT2D eigenvalue weighted by molar-refractivity contribution is 0.617. The molecule has 0 saturated carbocycles. The number of rotatable bonds is 6. The Morgan fingerprint density at radius 2 is 1.68 bits per heavy atom. The van der Waals surface area contributed by atoms with Gasteiger partial charge >= 0.3 is 0 Å². The Morgan fingerprint density at radius 1 is 1.00 bits per heavy atom. The van der Waals surface area contributed by atoms with E-state index >= 15 is 0 Å². The highest BCUT2D eigenvalue weighted by Crippen LogP contribution is 2.21. The second-order valence-electron chi connectivity index (χ2n) is 4.46. The third kappa shape index (κ3) is 4.69. The molecule has 0 saturated heterocycles. The molecule has 0 aliphatic rings. The van der Waals surface area contributed by atoms with Gasteiger partial charge in [0.15, 0.2) is 0 Å². The largest absolute Gasteiger partial charge is 0.324 e. The summed E-state index contributed by atoms with van der Waals surface area (Å²) in [6.45, 7) is 0. The van der Waals surface area contributed by atoms with E-state index in [0.717, 1.165) is 24.2 Å². The molecule has 1 unspecified atom stereocenters. The Kier molecular flexibility index (Phi) is 5.43. The normalized spacial score (nSPS) is 12.3. The molecule has 0 heterocycles. The van der Waals surface area contributed by atoms with Crippen molar-refractivity contribution in [2.45, 2.75) is 23.8 Å². The lowest BCUT2D eigenvalue weighted by atomic mass is 10.0. The summed E-state index contributed by atoms with van der Waals surface area (Å²) in [7, 11) is 0. The third-order valence-electron chi connectivity index (χ3n) is 2.97. The van der Waals surface area contributed by atoms with E-state index in [1.54, 1.807) is 12.1 Å². The molecule has 1 nitrogen and oxygen atoms in total. The van der Waals surface area contributed by atoms with Crippen molar-refractivity contribution in [3.05, 3.63) is 66.0 Å². The van der Waals surface area contributed by atoms with Gasteiger partial charge in [0.25, 0.3) is 0 Å². The first kappa shape index (κ1) is 14.1. The summed E-state index contributed by atoms with van der Waals surface area (Å²) >= 11 is 1.84. The number of thioether (sulfide) groups is 1. The van der Waals surface area contributed by atoms with Crippen molar-refractivity contribution in [1.29, 1.82) is 0 Å². The van der Waals surface area contributed by atoms with Crippen LogP contribution in [0.1, 0.15) is 24.4 Å². The van der Waals surface area contributed by atoms with Gasteiger partial charge in [-0.05, 0) is 48.4 Å². The van der Waals surface area contributed by atoms with Crippen molar-refractivity contribution in [2.24, 2.45) is 5.73 Å². The summed E-state index contributed by atoms with van der Waals surface area (Å²) in [6.07, 6.45) is 1.98. The van der Waals surface area contributed by atoms with Gasteiger partial charge in [0.05, 0.1) is 0 Å². The number of halogens is 1. The van der Waals surface area contributed by atoms with Crippen LogP contribution in [0.2, 0.25) is 0 Å². The SMILES string of the molecule is NC(CCCSc1ccccc1)c1ccc(F)cc1. The van der Waals surface area contributed by atoms with E-state index in [1.165, 1.54) is 17.0 Å². The molecule has 19 heavy (non-hydrogen) atoms. The molecule has 0 aliphatic carbocycles. The van der Waals surface area contributed by atoms with Gasteiger partial charge < -0.3 is 5.73 Å². The summed E-state index contributed by atoms with van der Waals surface area (Å²) in [5.74, 6) is 0.842. The van der Waals surface area contributed by atoms with Gasteiger partial charge in [0, 0.05) is 10.9 Å². The number of hydrogen-bond donors (Lipinski definition) is 1. The molecule has 0 spiro atoms. The quantitative estimate of drug-likeness (QED) is 0.624. The molecule has 0 fully saturated rings. The Hall–Kier alpha value is -1.32. The summed E-state index contributed by atoms with van der Waals surface area (Å²) in [5.41, 5.74) is 7.10. The molecule has 100 valence electrons. The predicted octanol–water partition coefficient (Wildman–Crippen LogP) is 4.40. The van der Waals surface area contributed by atoms with Crippen molar-refractivity contribution in [2.75, 3.05) is 5.75 Å². The van der Waals surface area contributed by atoms with Crippen molar-refractivity contribution in [3.8, 4) is 0 Å². The maximum absolute atomic E-state index is 12.8. The van der Waals surface area contributed by atoms with Gasteiger partial charge in [-0.15, -0.1) is 11.8 Å². The maximum atomic E-state index is 12.8. The first-order valence-corrected chi connectivity index (χ1v) is 7.43. The molecular formula is C16H18FNS. The summed E-state index contributed by atoms with van der Waals surface area (Å²) < 4.78 is 12.8. The number of hydrogen-bond acceptors (Lipinski definition) is 2. The highest BCUT2D eigenvalue weighted by atomic mass is 32.2. The van der Waals surface area contributed by atoms with E-state index in [0.29, 0.717) is 0 Å². The fourth-order valence-electron chi connectivity index (χ4n) is 1.89. The third-order valence-corrected chi connectivity index (χ3v) is 4.07. The van der Waals surface area contributed by atoms with E-state index in [4.69, 9.17) is 5.73 Å². The molecule has 0 amide bonds. The fraction of sp³-hybridized carbons (Fsp3) is 0.250. The molecule has 2 aromatic rings. The zero-order chi connectivity index (χ0) is 13.5. The highest BCUT2D eigenvalue weighted by molar-refractivity contribution is 7.99. The smallest absolute Gasteiger partial charge is 0.123 e. The van der Waals surface area contributed by atoms with Crippen LogP contribution < -0.4 is 5.73 Å². The summed E-state index contributed by atoms with van der Waals surface area (Å²) in [4.78, 5) is 1.29. The lowest BCUT2D eigenvalue weighted by Gasteiger charge is -2.11. The first-order valence-electron chi connectivity index (χ1n) is 6.44. The standard InChI is InChI=1S/C16H18FNS/c17-14-10-8-13(9-11-14)16(18)7-4-12-19-15-5-2-1-3-6-15/h1-3,5-6,8-11,16H,4,7,12,18H2. The minimum absolute atomic E-state index is 0.00280. The Labute approximate surface area is 118 Å². The van der Waals surface area contributed by atoms with E-state index in [9.17, 15) is 4.39 Å². The van der Waals surface area contributed by atoms with Crippen LogP contribution in [0, 0.1) is 5.82 Å². The summed E-state index contributed by atoms with van der Waals surface area (Å²) in [5, 5.41) is 0. The van der Waals surface area contributed by atoms with Gasteiger partial charge in [-0.3, -0.25) is 0 Å². The van der Waals surface area contributed by atoms with Crippen LogP contribution in [-0.2, 0) is 0 Å². The topological polar surface area (TPSA) is 26.0 Å². The Balaban J connectivity index is 1.72. The second kappa shape index (κ2) is 7.31. The van der Waals surface area contributed by atoms with Crippen molar-refractivity contribution in [1.82, 2.24) is 0 Å². The molecule has 2 rings (SSSR count). The average Bonchev–Trinajstić information content (AvgIpc) is 2.45. The van der Waals surface area contributed by atoms with Gasteiger partial charge in [-0.1, -0.05) is 30.3 Å². The van der Waals surface area contributed by atoms with Crippen LogP contribution in [0.25, 0.3) is 0 Å². The van der Waals surface area contributed by atoms with E-state index in [1.807, 2.05) is 30.0 Å². The van der Waals surface area contributed by atoms with Gasteiger partial charge in [0.2, 0.25) is 0 Å². The monoisotopic (exact) mass is 275 g/mol. The molecule has 2 N–H and O–H groups in total. The summed E-state index contributed by atoms with van der Waals surface area (Å²) in [6, 6.07) is 16.8. The molecule has 2 aromatic carbocycles. The van der Waals surface area contributed by atoms with Crippen LogP contribution in [0.3, 0.4) is 0 Å². The van der Waals surface area contributed by atoms with Crippen LogP contribution in [0.5, 0.6) is 0 Å². The van der Waals surface area contributed by atoms with Crippen molar-refractivity contribution >= 4 is 11.8 Å². The van der Waals surface area contributed by atoms with E-state index < -0.39 is 0 Å². The second-order valence-corrected chi connectivity index (χ2v) is 5.63. The fourth-order valence-corrected chi connectivity index (χ4v) is 2.78. The molecule has 1 atom stereocenters. The van der Waals surface area contributed by atoms with Crippen molar-refractivity contribution < 1.29 is 4.39 Å².